The van der Waals surface area contributed by atoms with Gasteiger partial charge >= 0.3 is 0 Å². The first-order valence-corrected chi connectivity index (χ1v) is 8.23. The molecular formula is C18H19N3O3. The Balaban J connectivity index is 1.80. The number of carbonyl (C=O) groups is 1. The van der Waals surface area contributed by atoms with Crippen LogP contribution < -0.4 is 0 Å². The van der Waals surface area contributed by atoms with Crippen molar-refractivity contribution in [3.05, 3.63) is 35.7 Å². The molecule has 24 heavy (non-hydrogen) atoms. The van der Waals surface area contributed by atoms with Gasteiger partial charge in [-0.15, -0.1) is 0 Å². The number of carbonyl (C=O) groups excluding carboxylic acids is 1. The average Bonchev–Trinajstić information content (AvgIpc) is 3.24. The average molecular weight is 325 g/mol. The van der Waals surface area contributed by atoms with Crippen LogP contribution in [0.2, 0.25) is 0 Å². The molecule has 0 atom stereocenters. The lowest BCUT2D eigenvalue weighted by atomic mass is 9.98. The van der Waals surface area contributed by atoms with Crippen LogP contribution in [0.4, 0.5) is 0 Å². The van der Waals surface area contributed by atoms with E-state index in [1.54, 1.807) is 18.4 Å². The highest BCUT2D eigenvalue weighted by molar-refractivity contribution is 6.06. The highest BCUT2D eigenvalue weighted by Gasteiger charge is 2.26. The third kappa shape index (κ3) is 2.48. The SMILES string of the molecule is Cc1noc2nc(-c3ccco3)cc(C(=O)N3CCC(C)CC3)c12. The van der Waals surface area contributed by atoms with Gasteiger partial charge in [-0.25, -0.2) is 4.98 Å². The lowest BCUT2D eigenvalue weighted by Gasteiger charge is -2.30. The van der Waals surface area contributed by atoms with E-state index in [1.165, 1.54) is 0 Å². The number of furan rings is 1. The maximum absolute atomic E-state index is 13.1. The Morgan fingerprint density at radius 2 is 2.12 bits per heavy atom. The Kier molecular flexibility index (Phi) is 3.59. The zero-order chi connectivity index (χ0) is 16.7. The van der Waals surface area contributed by atoms with Crippen molar-refractivity contribution in [3.8, 4) is 11.5 Å². The summed E-state index contributed by atoms with van der Waals surface area (Å²) in [4.78, 5) is 19.4. The van der Waals surface area contributed by atoms with Gasteiger partial charge in [0.05, 0.1) is 22.9 Å². The van der Waals surface area contributed by atoms with Gasteiger partial charge in [0.1, 0.15) is 5.69 Å². The fourth-order valence-electron chi connectivity index (χ4n) is 3.20. The third-order valence-electron chi connectivity index (χ3n) is 4.69. The molecule has 124 valence electrons. The molecule has 0 spiro atoms. The van der Waals surface area contributed by atoms with Crippen molar-refractivity contribution >= 4 is 17.0 Å². The van der Waals surface area contributed by atoms with E-state index in [2.05, 4.69) is 17.1 Å². The van der Waals surface area contributed by atoms with Crippen LogP contribution in [-0.4, -0.2) is 34.0 Å². The summed E-state index contributed by atoms with van der Waals surface area (Å²) in [7, 11) is 0. The van der Waals surface area contributed by atoms with E-state index in [1.807, 2.05) is 17.9 Å². The van der Waals surface area contributed by atoms with Gasteiger partial charge in [0, 0.05) is 13.1 Å². The summed E-state index contributed by atoms with van der Waals surface area (Å²) in [5.74, 6) is 1.28. The first kappa shape index (κ1) is 14.9. The predicted octanol–water partition coefficient (Wildman–Crippen LogP) is 3.66. The molecule has 0 radical (unpaired) electrons. The van der Waals surface area contributed by atoms with Gasteiger partial charge in [0.25, 0.3) is 11.6 Å². The molecule has 1 aliphatic heterocycles. The normalized spacial score (nSPS) is 16.0. The van der Waals surface area contributed by atoms with Crippen molar-refractivity contribution < 1.29 is 13.7 Å². The molecule has 1 amide bonds. The smallest absolute Gasteiger partial charge is 0.259 e. The van der Waals surface area contributed by atoms with E-state index in [0.717, 1.165) is 25.9 Å². The number of rotatable bonds is 2. The lowest BCUT2D eigenvalue weighted by molar-refractivity contribution is 0.0699. The van der Waals surface area contributed by atoms with Crippen LogP contribution in [0.1, 0.15) is 35.8 Å². The van der Waals surface area contributed by atoms with Gasteiger partial charge in [-0.05, 0) is 43.9 Å². The standard InChI is InChI=1S/C18H19N3O3/c1-11-5-7-21(8-6-11)18(22)13-10-14(15-4-3-9-23-15)19-17-16(13)12(2)20-24-17/h3-4,9-11H,5-8H2,1-2H3. The van der Waals surface area contributed by atoms with Crippen LogP contribution in [-0.2, 0) is 0 Å². The quantitative estimate of drug-likeness (QED) is 0.719. The van der Waals surface area contributed by atoms with Crippen molar-refractivity contribution in [2.45, 2.75) is 26.7 Å². The Labute approximate surface area is 139 Å². The molecule has 0 N–H and O–H groups in total. The van der Waals surface area contributed by atoms with E-state index in [9.17, 15) is 4.79 Å². The largest absolute Gasteiger partial charge is 0.463 e. The monoisotopic (exact) mass is 325 g/mol. The molecule has 0 aromatic carbocycles. The molecule has 1 saturated heterocycles. The maximum Gasteiger partial charge on any atom is 0.259 e. The Morgan fingerprint density at radius 3 is 2.83 bits per heavy atom. The highest BCUT2D eigenvalue weighted by Crippen LogP contribution is 2.29. The third-order valence-corrected chi connectivity index (χ3v) is 4.69. The molecule has 4 heterocycles. The van der Waals surface area contributed by atoms with Crippen molar-refractivity contribution in [2.75, 3.05) is 13.1 Å². The Bertz CT molecular complexity index is 874. The minimum atomic E-state index is 0.00778. The van der Waals surface area contributed by atoms with Gasteiger partial charge in [-0.1, -0.05) is 12.1 Å². The van der Waals surface area contributed by atoms with Crippen molar-refractivity contribution in [2.24, 2.45) is 5.92 Å². The number of aryl methyl sites for hydroxylation is 1. The van der Waals surface area contributed by atoms with E-state index < -0.39 is 0 Å². The van der Waals surface area contributed by atoms with Gasteiger partial charge in [-0.3, -0.25) is 4.79 Å². The molecule has 3 aromatic heterocycles. The summed E-state index contributed by atoms with van der Waals surface area (Å²) in [6.07, 6.45) is 3.65. The van der Waals surface area contributed by atoms with Crippen LogP contribution in [0.5, 0.6) is 0 Å². The van der Waals surface area contributed by atoms with Gasteiger partial charge in [0.2, 0.25) is 0 Å². The molecule has 3 aromatic rings. The number of likely N-dealkylation sites (tertiary alicyclic amines) is 1. The number of hydrogen-bond donors (Lipinski definition) is 0. The Hall–Kier alpha value is -2.63. The molecule has 0 bridgehead atoms. The van der Waals surface area contributed by atoms with Crippen LogP contribution in [0.15, 0.2) is 33.4 Å². The summed E-state index contributed by atoms with van der Waals surface area (Å²) in [6.45, 7) is 5.62. The summed E-state index contributed by atoms with van der Waals surface area (Å²) >= 11 is 0. The number of aromatic nitrogens is 2. The molecule has 4 rings (SSSR count). The van der Waals surface area contributed by atoms with E-state index in [4.69, 9.17) is 8.94 Å². The first-order valence-electron chi connectivity index (χ1n) is 8.23. The van der Waals surface area contributed by atoms with E-state index >= 15 is 0 Å². The zero-order valence-corrected chi connectivity index (χ0v) is 13.8. The molecule has 1 aliphatic rings. The van der Waals surface area contributed by atoms with Crippen LogP contribution >= 0.6 is 0 Å². The van der Waals surface area contributed by atoms with Gasteiger partial charge in [-0.2, -0.15) is 0 Å². The fraction of sp³-hybridized carbons (Fsp3) is 0.389. The van der Waals surface area contributed by atoms with Crippen molar-refractivity contribution in [1.29, 1.82) is 0 Å². The molecule has 0 aliphatic carbocycles. The van der Waals surface area contributed by atoms with Gasteiger partial charge in [0.15, 0.2) is 5.76 Å². The number of nitrogens with zero attached hydrogens (tertiary/aromatic N) is 3. The second kappa shape index (κ2) is 5.78. The topological polar surface area (TPSA) is 72.4 Å². The molecule has 6 nitrogen and oxygen atoms in total. The van der Waals surface area contributed by atoms with E-state index in [0.29, 0.717) is 39.7 Å². The molecule has 6 heteroatoms. The van der Waals surface area contributed by atoms with Gasteiger partial charge < -0.3 is 13.8 Å². The Morgan fingerprint density at radius 1 is 1.33 bits per heavy atom. The molecule has 1 fully saturated rings. The minimum Gasteiger partial charge on any atom is -0.463 e. The lowest BCUT2D eigenvalue weighted by Crippen LogP contribution is -2.38. The summed E-state index contributed by atoms with van der Waals surface area (Å²) in [6, 6.07) is 5.39. The minimum absolute atomic E-state index is 0.00778. The maximum atomic E-state index is 13.1. The predicted molar refractivity (Wildman–Crippen MR) is 88.5 cm³/mol. The second-order valence-corrected chi connectivity index (χ2v) is 6.46. The fourth-order valence-corrected chi connectivity index (χ4v) is 3.20. The zero-order valence-electron chi connectivity index (χ0n) is 13.8. The number of hydrogen-bond acceptors (Lipinski definition) is 5. The molecular weight excluding hydrogens is 306 g/mol. The van der Waals surface area contributed by atoms with Crippen LogP contribution in [0.25, 0.3) is 22.6 Å². The summed E-state index contributed by atoms with van der Waals surface area (Å²) < 4.78 is 10.7. The van der Waals surface area contributed by atoms with E-state index in [-0.39, 0.29) is 5.91 Å². The van der Waals surface area contributed by atoms with Crippen LogP contribution in [0, 0.1) is 12.8 Å². The molecule has 0 saturated carbocycles. The number of amides is 1. The number of piperidine rings is 1. The number of fused-ring (bicyclic) bond motifs is 1. The summed E-state index contributed by atoms with van der Waals surface area (Å²) in [5, 5.41) is 4.67. The molecule has 0 unspecified atom stereocenters. The van der Waals surface area contributed by atoms with Crippen molar-refractivity contribution in [1.82, 2.24) is 15.0 Å². The van der Waals surface area contributed by atoms with Crippen LogP contribution in [0.3, 0.4) is 0 Å². The summed E-state index contributed by atoms with van der Waals surface area (Å²) in [5.41, 5.74) is 2.21. The second-order valence-electron chi connectivity index (χ2n) is 6.46. The first-order chi connectivity index (χ1) is 11.6. The van der Waals surface area contributed by atoms with Crippen molar-refractivity contribution in [3.63, 3.8) is 0 Å². The number of pyridine rings is 1. The highest BCUT2D eigenvalue weighted by atomic mass is 16.5.